The molecule has 2 aromatic rings. The maximum absolute atomic E-state index is 10.3. The van der Waals surface area contributed by atoms with Gasteiger partial charge in [0.25, 0.3) is 0 Å². The minimum atomic E-state index is -0.551. The Hall–Kier alpha value is -1.32. The van der Waals surface area contributed by atoms with E-state index in [1.165, 1.54) is 0 Å². The molecule has 0 radical (unpaired) electrons. The zero-order valence-corrected chi connectivity index (χ0v) is 13.6. The number of benzene rings is 1. The Kier molecular flexibility index (Phi) is 5.07. The van der Waals surface area contributed by atoms with E-state index in [0.29, 0.717) is 11.6 Å². The van der Waals surface area contributed by atoms with E-state index in [2.05, 4.69) is 25.8 Å². The molecule has 0 spiro atoms. The second kappa shape index (κ2) is 6.63. The third-order valence-electron chi connectivity index (χ3n) is 3.52. The molecule has 0 saturated heterocycles. The highest BCUT2D eigenvalue weighted by molar-refractivity contribution is 6.30. The number of aryl methyl sites for hydroxylation is 1. The summed E-state index contributed by atoms with van der Waals surface area (Å²) in [6.45, 7) is 7.19. The number of aromatic nitrogens is 2. The first-order chi connectivity index (χ1) is 9.85. The average Bonchev–Trinajstić information content (AvgIpc) is 2.83. The number of hydrogen-bond acceptors (Lipinski definition) is 2. The lowest BCUT2D eigenvalue weighted by Crippen LogP contribution is -2.13. The zero-order chi connectivity index (χ0) is 15.5. The molecule has 1 heterocycles. The highest BCUT2D eigenvalue weighted by atomic mass is 35.5. The molecule has 2 rings (SSSR count). The largest absolute Gasteiger partial charge is 0.387 e. The van der Waals surface area contributed by atoms with Gasteiger partial charge in [0.2, 0.25) is 0 Å². The van der Waals surface area contributed by atoms with Crippen molar-refractivity contribution >= 4 is 11.6 Å². The fourth-order valence-corrected chi connectivity index (χ4v) is 2.32. The molecular weight excluding hydrogens is 284 g/mol. The van der Waals surface area contributed by atoms with Gasteiger partial charge in [-0.1, -0.05) is 44.5 Å². The summed E-state index contributed by atoms with van der Waals surface area (Å²) in [5.41, 5.74) is 1.15. The summed E-state index contributed by atoms with van der Waals surface area (Å²) in [6.07, 6.45) is 5.17. The SMILES string of the molecule is CC(C)(C)CCc1nccn1CC(O)c1ccc(Cl)cc1. The van der Waals surface area contributed by atoms with Gasteiger partial charge in [-0.25, -0.2) is 4.98 Å². The van der Waals surface area contributed by atoms with E-state index in [1.807, 2.05) is 22.9 Å². The third kappa shape index (κ3) is 4.87. The van der Waals surface area contributed by atoms with Crippen LogP contribution in [0.5, 0.6) is 0 Å². The number of aliphatic hydroxyl groups is 1. The van der Waals surface area contributed by atoms with E-state index < -0.39 is 6.10 Å². The number of imidazole rings is 1. The Bertz CT molecular complexity index is 569. The average molecular weight is 307 g/mol. The summed E-state index contributed by atoms with van der Waals surface area (Å²) in [5.74, 6) is 1.03. The van der Waals surface area contributed by atoms with Gasteiger partial charge in [-0.05, 0) is 29.5 Å². The Morgan fingerprint density at radius 3 is 2.52 bits per heavy atom. The van der Waals surface area contributed by atoms with Crippen LogP contribution in [-0.4, -0.2) is 14.7 Å². The summed E-state index contributed by atoms with van der Waals surface area (Å²) in [7, 11) is 0. The van der Waals surface area contributed by atoms with Crippen LogP contribution in [0.25, 0.3) is 0 Å². The van der Waals surface area contributed by atoms with E-state index in [-0.39, 0.29) is 5.41 Å². The van der Waals surface area contributed by atoms with Crippen molar-refractivity contribution in [3.8, 4) is 0 Å². The molecule has 4 heteroatoms. The van der Waals surface area contributed by atoms with E-state index in [1.54, 1.807) is 18.3 Å². The lowest BCUT2D eigenvalue weighted by Gasteiger charge is -2.19. The molecular formula is C17H23ClN2O. The van der Waals surface area contributed by atoms with Crippen LogP contribution in [0.3, 0.4) is 0 Å². The lowest BCUT2D eigenvalue weighted by atomic mass is 9.90. The van der Waals surface area contributed by atoms with Crippen molar-refractivity contribution in [1.82, 2.24) is 9.55 Å². The van der Waals surface area contributed by atoms with Crippen LogP contribution in [0.4, 0.5) is 0 Å². The van der Waals surface area contributed by atoms with Gasteiger partial charge in [-0.15, -0.1) is 0 Å². The first-order valence-corrected chi connectivity index (χ1v) is 7.66. The summed E-state index contributed by atoms with van der Waals surface area (Å²) < 4.78 is 2.03. The van der Waals surface area contributed by atoms with Crippen LogP contribution in [0.1, 0.15) is 44.7 Å². The van der Waals surface area contributed by atoms with E-state index >= 15 is 0 Å². The standard InChI is InChI=1S/C17H23ClN2O/c1-17(2,3)9-8-16-19-10-11-20(16)12-15(21)13-4-6-14(18)7-5-13/h4-7,10-11,15,21H,8-9,12H2,1-3H3. The highest BCUT2D eigenvalue weighted by Crippen LogP contribution is 2.22. The molecule has 0 aliphatic rings. The van der Waals surface area contributed by atoms with Gasteiger partial charge in [0.1, 0.15) is 5.82 Å². The molecule has 1 atom stereocenters. The molecule has 0 amide bonds. The fourth-order valence-electron chi connectivity index (χ4n) is 2.20. The van der Waals surface area contributed by atoms with Crippen molar-refractivity contribution in [1.29, 1.82) is 0 Å². The second-order valence-corrected chi connectivity index (χ2v) is 7.06. The molecule has 114 valence electrons. The van der Waals surface area contributed by atoms with Crippen LogP contribution in [-0.2, 0) is 13.0 Å². The van der Waals surface area contributed by atoms with Crippen molar-refractivity contribution in [2.75, 3.05) is 0 Å². The second-order valence-electron chi connectivity index (χ2n) is 6.62. The normalized spacial score (nSPS) is 13.4. The van der Waals surface area contributed by atoms with Crippen molar-refractivity contribution in [2.24, 2.45) is 5.41 Å². The minimum Gasteiger partial charge on any atom is -0.387 e. The number of rotatable bonds is 5. The summed E-state index contributed by atoms with van der Waals surface area (Å²) in [6, 6.07) is 7.32. The number of nitrogens with zero attached hydrogens (tertiary/aromatic N) is 2. The molecule has 1 aromatic carbocycles. The highest BCUT2D eigenvalue weighted by Gasteiger charge is 2.14. The molecule has 3 nitrogen and oxygen atoms in total. The fraction of sp³-hybridized carbons (Fsp3) is 0.471. The number of hydrogen-bond donors (Lipinski definition) is 1. The van der Waals surface area contributed by atoms with E-state index in [9.17, 15) is 5.11 Å². The predicted octanol–water partition coefficient (Wildman–Crippen LogP) is 4.25. The Morgan fingerprint density at radius 1 is 1.24 bits per heavy atom. The Balaban J connectivity index is 2.03. The zero-order valence-electron chi connectivity index (χ0n) is 12.9. The number of aliphatic hydroxyl groups excluding tert-OH is 1. The van der Waals surface area contributed by atoms with Gasteiger partial charge in [-0.2, -0.15) is 0 Å². The molecule has 1 unspecified atom stereocenters. The van der Waals surface area contributed by atoms with Gasteiger partial charge in [0.15, 0.2) is 0 Å². The quantitative estimate of drug-likeness (QED) is 0.897. The Morgan fingerprint density at radius 2 is 1.90 bits per heavy atom. The molecule has 0 aliphatic heterocycles. The van der Waals surface area contributed by atoms with Gasteiger partial charge in [-0.3, -0.25) is 0 Å². The third-order valence-corrected chi connectivity index (χ3v) is 3.78. The van der Waals surface area contributed by atoms with Crippen LogP contribution in [0.2, 0.25) is 5.02 Å². The van der Waals surface area contributed by atoms with Crippen molar-refractivity contribution < 1.29 is 5.11 Å². The summed E-state index contributed by atoms with van der Waals surface area (Å²) in [4.78, 5) is 4.41. The van der Waals surface area contributed by atoms with Crippen LogP contribution < -0.4 is 0 Å². The molecule has 1 aromatic heterocycles. The minimum absolute atomic E-state index is 0.283. The molecule has 1 N–H and O–H groups in total. The Labute approximate surface area is 131 Å². The topological polar surface area (TPSA) is 38.0 Å². The maximum Gasteiger partial charge on any atom is 0.108 e. The van der Waals surface area contributed by atoms with Crippen LogP contribution >= 0.6 is 11.6 Å². The van der Waals surface area contributed by atoms with E-state index in [0.717, 1.165) is 24.2 Å². The van der Waals surface area contributed by atoms with Crippen LogP contribution in [0.15, 0.2) is 36.7 Å². The van der Waals surface area contributed by atoms with Crippen molar-refractivity contribution in [3.63, 3.8) is 0 Å². The van der Waals surface area contributed by atoms with Gasteiger partial charge < -0.3 is 9.67 Å². The van der Waals surface area contributed by atoms with Gasteiger partial charge in [0, 0.05) is 23.8 Å². The smallest absolute Gasteiger partial charge is 0.108 e. The summed E-state index contributed by atoms with van der Waals surface area (Å²) >= 11 is 5.87. The van der Waals surface area contributed by atoms with Crippen molar-refractivity contribution in [2.45, 2.75) is 46.3 Å². The summed E-state index contributed by atoms with van der Waals surface area (Å²) in [5, 5.41) is 11.0. The van der Waals surface area contributed by atoms with E-state index in [4.69, 9.17) is 11.6 Å². The van der Waals surface area contributed by atoms with Gasteiger partial charge >= 0.3 is 0 Å². The molecule has 0 saturated carbocycles. The molecule has 0 fully saturated rings. The van der Waals surface area contributed by atoms with Crippen LogP contribution in [0, 0.1) is 5.41 Å². The maximum atomic E-state index is 10.3. The molecule has 21 heavy (non-hydrogen) atoms. The monoisotopic (exact) mass is 306 g/mol. The first-order valence-electron chi connectivity index (χ1n) is 7.29. The molecule has 0 aliphatic carbocycles. The first kappa shape index (κ1) is 16.1. The predicted molar refractivity (Wildman–Crippen MR) is 86.4 cm³/mol. The number of halogens is 1. The van der Waals surface area contributed by atoms with Crippen molar-refractivity contribution in [3.05, 3.63) is 53.1 Å². The lowest BCUT2D eigenvalue weighted by molar-refractivity contribution is 0.155. The molecule has 0 bridgehead atoms. The van der Waals surface area contributed by atoms with Gasteiger partial charge in [0.05, 0.1) is 12.6 Å².